The molecule has 1 heterocycles. The number of aryl methyl sites for hydroxylation is 1. The summed E-state index contributed by atoms with van der Waals surface area (Å²) in [5, 5.41) is 8.73. The maximum Gasteiger partial charge on any atom is 0.340 e. The van der Waals surface area contributed by atoms with Crippen LogP contribution in [0.1, 0.15) is 23.0 Å². The van der Waals surface area contributed by atoms with Gasteiger partial charge < -0.3 is 10.1 Å². The molecule has 2 N–H and O–H groups in total. The van der Waals surface area contributed by atoms with Crippen molar-refractivity contribution in [2.24, 2.45) is 0 Å². The van der Waals surface area contributed by atoms with E-state index < -0.39 is 5.97 Å². The van der Waals surface area contributed by atoms with E-state index in [0.29, 0.717) is 12.1 Å². The molecule has 4 nitrogen and oxygen atoms in total. The Morgan fingerprint density at radius 2 is 2.38 bits per heavy atom. The summed E-state index contributed by atoms with van der Waals surface area (Å²) in [4.78, 5) is 17.1. The van der Waals surface area contributed by atoms with Crippen LogP contribution in [0.25, 0.3) is 0 Å². The minimum atomic E-state index is -1.10. The summed E-state index contributed by atoms with van der Waals surface area (Å²) in [6.45, 7) is 1.81. The van der Waals surface area contributed by atoms with Crippen molar-refractivity contribution in [1.29, 1.82) is 0 Å². The average Bonchev–Trinajstić information content (AvgIpc) is 2.01. The molecule has 1 aromatic heterocycles. The smallest absolute Gasteiger partial charge is 0.340 e. The van der Waals surface area contributed by atoms with Crippen LogP contribution >= 0.6 is 23.8 Å². The number of carboxylic acids is 1. The second-order valence-corrected chi connectivity index (χ2v) is 3.09. The van der Waals surface area contributed by atoms with E-state index in [2.05, 4.69) is 9.97 Å². The highest BCUT2D eigenvalue weighted by Gasteiger charge is 2.15. The highest BCUT2D eigenvalue weighted by Crippen LogP contribution is 2.16. The third-order valence-corrected chi connectivity index (χ3v) is 2.00. The fraction of sp³-hybridized carbons (Fsp3) is 0.286. The van der Waals surface area contributed by atoms with Crippen LogP contribution < -0.4 is 0 Å². The number of hydrogen-bond donors (Lipinski definition) is 2. The lowest BCUT2D eigenvalue weighted by molar-refractivity contribution is 0.0695. The quantitative estimate of drug-likeness (QED) is 0.589. The average molecular weight is 219 g/mol. The fourth-order valence-corrected chi connectivity index (χ4v) is 1.52. The molecule has 0 spiro atoms. The minimum Gasteiger partial charge on any atom is -0.478 e. The van der Waals surface area contributed by atoms with Gasteiger partial charge in [0.05, 0.1) is 0 Å². The first-order valence-corrected chi connectivity index (χ1v) is 4.36. The van der Waals surface area contributed by atoms with Gasteiger partial charge in [0.25, 0.3) is 0 Å². The van der Waals surface area contributed by atoms with E-state index in [9.17, 15) is 4.79 Å². The summed E-state index contributed by atoms with van der Waals surface area (Å²) in [7, 11) is 0. The monoisotopic (exact) mass is 218 g/mol. The van der Waals surface area contributed by atoms with Crippen LogP contribution in [0.3, 0.4) is 0 Å². The molecule has 0 atom stereocenters. The molecule has 13 heavy (non-hydrogen) atoms. The van der Waals surface area contributed by atoms with Crippen molar-refractivity contribution in [2.45, 2.75) is 13.3 Å². The lowest BCUT2D eigenvalue weighted by Crippen LogP contribution is -2.07. The number of hydrogen-bond acceptors (Lipinski definition) is 3. The molecule has 0 aliphatic heterocycles. The Balaban J connectivity index is 3.47. The molecule has 0 amide bonds. The Morgan fingerprint density at radius 1 is 1.77 bits per heavy atom. The van der Waals surface area contributed by atoms with E-state index in [-0.39, 0.29) is 15.5 Å². The molecule has 0 radical (unpaired) electrons. The molecule has 0 aromatic carbocycles. The summed E-state index contributed by atoms with van der Waals surface area (Å²) in [6, 6.07) is 0. The van der Waals surface area contributed by atoms with Crippen molar-refractivity contribution < 1.29 is 9.90 Å². The molecule has 70 valence electrons. The number of carboxylic acid groups (broad SMARTS) is 1. The third kappa shape index (κ3) is 2.05. The van der Waals surface area contributed by atoms with Crippen molar-refractivity contribution in [3.8, 4) is 0 Å². The zero-order valence-corrected chi connectivity index (χ0v) is 8.37. The van der Waals surface area contributed by atoms with Crippen molar-refractivity contribution in [3.63, 3.8) is 0 Å². The number of rotatable bonds is 2. The predicted octanol–water partition coefficient (Wildman–Crippen LogP) is 2.05. The molecule has 6 heteroatoms. The van der Waals surface area contributed by atoms with E-state index in [1.807, 2.05) is 6.92 Å². The summed E-state index contributed by atoms with van der Waals surface area (Å²) in [5.41, 5.74) is 0.496. The highest BCUT2D eigenvalue weighted by molar-refractivity contribution is 7.71. The van der Waals surface area contributed by atoms with Gasteiger partial charge in [0, 0.05) is 5.69 Å². The number of aromatic carboxylic acids is 1. The normalized spacial score (nSPS) is 10.0. The standard InChI is InChI=1S/C7H7ClN2O2S/c1-2-3-4(6(11)12)5(8)10-7(13)9-3/h2H2,1H3,(H,11,12)(H,9,10,13). The van der Waals surface area contributed by atoms with E-state index in [1.165, 1.54) is 0 Å². The van der Waals surface area contributed by atoms with E-state index in [4.69, 9.17) is 28.9 Å². The molecular weight excluding hydrogens is 212 g/mol. The number of carbonyl (C=O) groups is 1. The van der Waals surface area contributed by atoms with Crippen molar-refractivity contribution in [3.05, 3.63) is 21.2 Å². The molecule has 0 fully saturated rings. The predicted molar refractivity (Wildman–Crippen MR) is 50.8 cm³/mol. The maximum atomic E-state index is 10.7. The first-order chi connectivity index (χ1) is 6.06. The summed E-state index contributed by atoms with van der Waals surface area (Å²) in [6.07, 6.45) is 0.521. The van der Waals surface area contributed by atoms with Gasteiger partial charge in [-0.3, -0.25) is 0 Å². The number of aromatic nitrogens is 2. The van der Waals surface area contributed by atoms with Crippen molar-refractivity contribution in [2.75, 3.05) is 0 Å². The zero-order chi connectivity index (χ0) is 10.0. The van der Waals surface area contributed by atoms with Gasteiger partial charge >= 0.3 is 5.97 Å². The third-order valence-electron chi connectivity index (χ3n) is 1.53. The van der Waals surface area contributed by atoms with Crippen LogP contribution in [0.4, 0.5) is 0 Å². The molecule has 0 bridgehead atoms. The fourth-order valence-electron chi connectivity index (χ4n) is 0.972. The second-order valence-electron chi connectivity index (χ2n) is 2.35. The highest BCUT2D eigenvalue weighted by atomic mass is 35.5. The van der Waals surface area contributed by atoms with E-state index >= 15 is 0 Å². The van der Waals surface area contributed by atoms with Crippen molar-refractivity contribution in [1.82, 2.24) is 9.97 Å². The molecule has 0 aliphatic carbocycles. The van der Waals surface area contributed by atoms with Crippen LogP contribution in [-0.2, 0) is 6.42 Å². The lowest BCUT2D eigenvalue weighted by atomic mass is 10.2. The molecule has 0 unspecified atom stereocenters. The number of nitrogens with one attached hydrogen (secondary N) is 1. The number of halogens is 1. The van der Waals surface area contributed by atoms with Gasteiger partial charge in [0.1, 0.15) is 10.7 Å². The molecule has 0 saturated carbocycles. The number of aromatic amines is 1. The van der Waals surface area contributed by atoms with Crippen LogP contribution in [0.15, 0.2) is 0 Å². The van der Waals surface area contributed by atoms with E-state index in [1.54, 1.807) is 0 Å². The molecule has 0 aliphatic rings. The largest absolute Gasteiger partial charge is 0.478 e. The molecule has 1 rings (SSSR count). The second kappa shape index (κ2) is 3.85. The van der Waals surface area contributed by atoms with Crippen LogP contribution in [-0.4, -0.2) is 21.0 Å². The van der Waals surface area contributed by atoms with Gasteiger partial charge in [0.15, 0.2) is 4.77 Å². The summed E-state index contributed by atoms with van der Waals surface area (Å²) >= 11 is 10.4. The minimum absolute atomic E-state index is 0.00207. The Bertz CT molecular complexity index is 402. The van der Waals surface area contributed by atoms with Gasteiger partial charge in [-0.25, -0.2) is 9.78 Å². The molecule has 0 saturated heterocycles. The van der Waals surface area contributed by atoms with Crippen LogP contribution in [0.5, 0.6) is 0 Å². The van der Waals surface area contributed by atoms with Crippen molar-refractivity contribution >= 4 is 29.8 Å². The lowest BCUT2D eigenvalue weighted by Gasteiger charge is -2.03. The Kier molecular flexibility index (Phi) is 3.00. The maximum absolute atomic E-state index is 10.7. The van der Waals surface area contributed by atoms with E-state index in [0.717, 1.165) is 0 Å². The first kappa shape index (κ1) is 10.1. The van der Waals surface area contributed by atoms with Gasteiger partial charge in [-0.05, 0) is 18.6 Å². The van der Waals surface area contributed by atoms with Crippen LogP contribution in [0, 0.1) is 4.77 Å². The molecule has 1 aromatic rings. The number of H-pyrrole nitrogens is 1. The summed E-state index contributed by atoms with van der Waals surface area (Å²) in [5.74, 6) is -1.10. The Hall–Kier alpha value is -0.940. The SMILES string of the molecule is CCc1[nH]c(=S)nc(Cl)c1C(=O)O. The topological polar surface area (TPSA) is 66.0 Å². The first-order valence-electron chi connectivity index (χ1n) is 3.58. The van der Waals surface area contributed by atoms with Gasteiger partial charge in [0.2, 0.25) is 0 Å². The van der Waals surface area contributed by atoms with Gasteiger partial charge in [-0.15, -0.1) is 0 Å². The van der Waals surface area contributed by atoms with Crippen LogP contribution in [0.2, 0.25) is 5.15 Å². The van der Waals surface area contributed by atoms with Gasteiger partial charge in [-0.1, -0.05) is 18.5 Å². The summed E-state index contributed by atoms with van der Waals surface area (Å²) < 4.78 is 0.201. The van der Waals surface area contributed by atoms with Gasteiger partial charge in [-0.2, -0.15) is 0 Å². The Morgan fingerprint density at radius 3 is 2.85 bits per heavy atom. The Labute approximate surface area is 84.6 Å². The number of nitrogens with zero attached hydrogens (tertiary/aromatic N) is 1. The zero-order valence-electron chi connectivity index (χ0n) is 6.80. The molecular formula is C7H7ClN2O2S.